The Morgan fingerprint density at radius 2 is 1.73 bits per heavy atom. The molecule has 150 valence electrons. The molecule has 1 saturated carbocycles. The number of hydrogen-bond acceptors (Lipinski definition) is 10. The summed E-state index contributed by atoms with van der Waals surface area (Å²) in [4.78, 5) is 0. The lowest BCUT2D eigenvalue weighted by Gasteiger charge is -2.45. The zero-order valence-corrected chi connectivity index (χ0v) is 14.5. The van der Waals surface area contributed by atoms with Gasteiger partial charge in [-0.25, -0.2) is 0 Å². The molecule has 1 unspecified atom stereocenters. The standard InChI is InChI=1S/C15H23ClO10/c1-14(22)9-13(24-3-2-15(9,23)11(21)10(14)16)26-12-8(20)7(19)6(18)5(4-17)25-12/h2-3,5-13,17-23H,4H2,1H3/t5-,6-,7+,8-,9-,10-,11-,12?,13+,14-,15+/m1/s1. The van der Waals surface area contributed by atoms with Crippen LogP contribution in [0.5, 0.6) is 0 Å². The fourth-order valence-electron chi connectivity index (χ4n) is 3.80. The highest BCUT2D eigenvalue weighted by Gasteiger charge is 2.68. The van der Waals surface area contributed by atoms with E-state index in [1.165, 1.54) is 6.92 Å². The minimum absolute atomic E-state index is 0.649. The minimum Gasteiger partial charge on any atom is -0.472 e. The van der Waals surface area contributed by atoms with Crippen LogP contribution in [0, 0.1) is 5.92 Å². The summed E-state index contributed by atoms with van der Waals surface area (Å²) in [6.07, 6.45) is -8.42. The van der Waals surface area contributed by atoms with Crippen LogP contribution in [0.15, 0.2) is 12.3 Å². The third-order valence-corrected chi connectivity index (χ3v) is 6.05. The molecule has 26 heavy (non-hydrogen) atoms. The molecule has 0 aromatic carbocycles. The van der Waals surface area contributed by atoms with Crippen molar-refractivity contribution in [3.8, 4) is 0 Å². The van der Waals surface area contributed by atoms with Crippen molar-refractivity contribution in [1.82, 2.24) is 0 Å². The molecule has 2 aliphatic heterocycles. The lowest BCUT2D eigenvalue weighted by Crippen LogP contribution is -2.62. The highest BCUT2D eigenvalue weighted by atomic mass is 35.5. The highest BCUT2D eigenvalue weighted by molar-refractivity contribution is 6.22. The Balaban J connectivity index is 1.85. The van der Waals surface area contributed by atoms with Gasteiger partial charge in [0.25, 0.3) is 0 Å². The van der Waals surface area contributed by atoms with Crippen molar-refractivity contribution in [3.63, 3.8) is 0 Å². The van der Waals surface area contributed by atoms with Gasteiger partial charge >= 0.3 is 0 Å². The van der Waals surface area contributed by atoms with Crippen LogP contribution in [0.3, 0.4) is 0 Å². The number of hydrogen-bond donors (Lipinski definition) is 7. The first-order valence-electron chi connectivity index (χ1n) is 8.11. The number of rotatable bonds is 3. The van der Waals surface area contributed by atoms with Crippen LogP contribution < -0.4 is 0 Å². The molecule has 0 amide bonds. The summed E-state index contributed by atoms with van der Waals surface area (Å²) < 4.78 is 16.0. The summed E-state index contributed by atoms with van der Waals surface area (Å²) >= 11 is 6.05. The Morgan fingerprint density at radius 1 is 1.08 bits per heavy atom. The van der Waals surface area contributed by atoms with Crippen molar-refractivity contribution in [3.05, 3.63) is 12.3 Å². The lowest BCUT2D eigenvalue weighted by atomic mass is 9.81. The molecule has 7 N–H and O–H groups in total. The zero-order valence-electron chi connectivity index (χ0n) is 13.8. The van der Waals surface area contributed by atoms with E-state index in [0.717, 1.165) is 12.3 Å². The van der Waals surface area contributed by atoms with Crippen LogP contribution in [0.2, 0.25) is 0 Å². The van der Waals surface area contributed by atoms with E-state index in [4.69, 9.17) is 25.8 Å². The van der Waals surface area contributed by atoms with Gasteiger partial charge in [-0.15, -0.1) is 11.6 Å². The Kier molecular flexibility index (Phi) is 5.30. The van der Waals surface area contributed by atoms with Gasteiger partial charge in [-0.3, -0.25) is 0 Å². The number of halogens is 1. The van der Waals surface area contributed by atoms with Gasteiger partial charge in [0.15, 0.2) is 6.29 Å². The quantitative estimate of drug-likeness (QED) is 0.240. The number of alkyl halides is 1. The van der Waals surface area contributed by atoms with Gasteiger partial charge in [0.1, 0.15) is 36.1 Å². The Hall–Kier alpha value is -0.530. The Bertz CT molecular complexity index is 557. The largest absolute Gasteiger partial charge is 0.472 e. The molecule has 11 heteroatoms. The average Bonchev–Trinajstić information content (AvgIpc) is 2.73. The van der Waals surface area contributed by atoms with Gasteiger partial charge in [0.2, 0.25) is 6.29 Å². The van der Waals surface area contributed by atoms with Crippen LogP contribution in [0.25, 0.3) is 0 Å². The van der Waals surface area contributed by atoms with Crippen molar-refractivity contribution in [2.24, 2.45) is 5.92 Å². The monoisotopic (exact) mass is 398 g/mol. The summed E-state index contributed by atoms with van der Waals surface area (Å²) in [6.45, 7) is 0.645. The van der Waals surface area contributed by atoms with E-state index in [1.54, 1.807) is 0 Å². The van der Waals surface area contributed by atoms with E-state index in [9.17, 15) is 35.7 Å². The molecule has 0 aromatic rings. The van der Waals surface area contributed by atoms with E-state index in [2.05, 4.69) is 0 Å². The van der Waals surface area contributed by atoms with E-state index >= 15 is 0 Å². The molecule has 3 rings (SSSR count). The van der Waals surface area contributed by atoms with Gasteiger partial charge < -0.3 is 50.0 Å². The second kappa shape index (κ2) is 6.82. The normalized spacial score (nSPS) is 56.9. The van der Waals surface area contributed by atoms with Crippen molar-refractivity contribution in [2.45, 2.75) is 66.6 Å². The predicted molar refractivity (Wildman–Crippen MR) is 83.6 cm³/mol. The number of aliphatic hydroxyl groups excluding tert-OH is 5. The van der Waals surface area contributed by atoms with E-state index in [0.29, 0.717) is 0 Å². The van der Waals surface area contributed by atoms with E-state index < -0.39 is 72.2 Å². The SMILES string of the molecule is C[C@]1(O)[C@H](Cl)[C@@H](O)[C@]2(O)C=CO[C@@H](OC3O[C@H](CO)[C@@H](O)[C@H](O)[C@H]3O)[C@H]12. The topological polar surface area (TPSA) is 169 Å². The number of ether oxygens (including phenoxy) is 3. The fourth-order valence-corrected chi connectivity index (χ4v) is 4.14. The summed E-state index contributed by atoms with van der Waals surface area (Å²) in [6, 6.07) is 0. The van der Waals surface area contributed by atoms with Gasteiger partial charge in [-0.05, 0) is 13.0 Å². The number of aliphatic hydroxyl groups is 7. The summed E-state index contributed by atoms with van der Waals surface area (Å²) in [5.41, 5.74) is -3.79. The van der Waals surface area contributed by atoms with Crippen molar-refractivity contribution >= 4 is 11.6 Å². The molecule has 0 radical (unpaired) electrons. The van der Waals surface area contributed by atoms with Crippen molar-refractivity contribution in [2.75, 3.05) is 6.61 Å². The van der Waals surface area contributed by atoms with Gasteiger partial charge in [0.05, 0.1) is 29.8 Å². The smallest absolute Gasteiger partial charge is 0.210 e. The van der Waals surface area contributed by atoms with E-state index in [1.807, 2.05) is 0 Å². The second-order valence-electron chi connectivity index (χ2n) is 7.08. The van der Waals surface area contributed by atoms with Crippen LogP contribution in [-0.4, -0.2) is 102 Å². The molecule has 11 atom stereocenters. The molecule has 3 aliphatic rings. The molecule has 1 saturated heterocycles. The van der Waals surface area contributed by atoms with Crippen LogP contribution in [0.4, 0.5) is 0 Å². The molecule has 2 heterocycles. The summed E-state index contributed by atoms with van der Waals surface area (Å²) in [5, 5.41) is 69.4. The average molecular weight is 399 g/mol. The molecule has 2 fully saturated rings. The maximum Gasteiger partial charge on any atom is 0.210 e. The first kappa shape index (κ1) is 20.2. The number of fused-ring (bicyclic) bond motifs is 1. The molecule has 0 bridgehead atoms. The Labute approximate surface area is 153 Å². The predicted octanol–water partition coefficient (Wildman–Crippen LogP) is -3.25. The van der Waals surface area contributed by atoms with Crippen molar-refractivity contribution < 1.29 is 50.0 Å². The summed E-state index contributed by atoms with van der Waals surface area (Å²) in [7, 11) is 0. The van der Waals surface area contributed by atoms with Gasteiger partial charge in [0, 0.05) is 0 Å². The van der Waals surface area contributed by atoms with Crippen molar-refractivity contribution in [1.29, 1.82) is 0 Å². The summed E-state index contributed by atoms with van der Waals surface area (Å²) in [5.74, 6) is -1.26. The molecule has 1 aliphatic carbocycles. The first-order chi connectivity index (χ1) is 12.1. The van der Waals surface area contributed by atoms with Crippen LogP contribution in [-0.2, 0) is 14.2 Å². The van der Waals surface area contributed by atoms with Crippen LogP contribution >= 0.6 is 11.6 Å². The third kappa shape index (κ3) is 2.85. The minimum atomic E-state index is -1.97. The van der Waals surface area contributed by atoms with E-state index in [-0.39, 0.29) is 0 Å². The maximum absolute atomic E-state index is 10.8. The molecular formula is C15H23ClO10. The highest BCUT2D eigenvalue weighted by Crippen LogP contribution is 2.51. The van der Waals surface area contributed by atoms with Crippen LogP contribution in [0.1, 0.15) is 6.92 Å². The fraction of sp³-hybridized carbons (Fsp3) is 0.867. The molecule has 10 nitrogen and oxygen atoms in total. The third-order valence-electron chi connectivity index (χ3n) is 5.37. The first-order valence-corrected chi connectivity index (χ1v) is 8.55. The molecule has 0 aromatic heterocycles. The van der Waals surface area contributed by atoms with Gasteiger partial charge in [-0.1, -0.05) is 0 Å². The lowest BCUT2D eigenvalue weighted by molar-refractivity contribution is -0.351. The van der Waals surface area contributed by atoms with Gasteiger partial charge in [-0.2, -0.15) is 0 Å². The maximum atomic E-state index is 10.8. The molecule has 0 spiro atoms. The molecular weight excluding hydrogens is 376 g/mol. The second-order valence-corrected chi connectivity index (χ2v) is 7.55. The Morgan fingerprint density at radius 3 is 2.35 bits per heavy atom. The zero-order chi connectivity index (χ0) is 19.4.